The molecule has 0 aliphatic carbocycles. The van der Waals surface area contributed by atoms with Crippen LogP contribution in [0.2, 0.25) is 0 Å². The van der Waals surface area contributed by atoms with E-state index in [1.165, 1.54) is 22.8 Å². The monoisotopic (exact) mass is 290 g/mol. The molecule has 0 unspecified atom stereocenters. The van der Waals surface area contributed by atoms with Crippen LogP contribution in [0.15, 0.2) is 47.4 Å². The Kier molecular flexibility index (Phi) is 4.11. The van der Waals surface area contributed by atoms with E-state index < -0.39 is 10.0 Å². The molecule has 0 atom stereocenters. The van der Waals surface area contributed by atoms with Crippen molar-refractivity contribution in [2.24, 2.45) is 5.14 Å². The van der Waals surface area contributed by atoms with Gasteiger partial charge in [-0.2, -0.15) is 0 Å². The second-order valence-electron chi connectivity index (χ2n) is 4.80. The van der Waals surface area contributed by atoms with Crippen molar-refractivity contribution in [3.8, 4) is 0 Å². The van der Waals surface area contributed by atoms with E-state index in [4.69, 9.17) is 5.14 Å². The molecule has 0 fully saturated rings. The lowest BCUT2D eigenvalue weighted by atomic mass is 10.0. The molecule has 4 nitrogen and oxygen atoms in total. The van der Waals surface area contributed by atoms with Gasteiger partial charge in [0.25, 0.3) is 0 Å². The lowest BCUT2D eigenvalue weighted by molar-refractivity contribution is 0.598. The average Bonchev–Trinajstić information content (AvgIpc) is 2.37. The maximum Gasteiger partial charge on any atom is 0.238 e. The summed E-state index contributed by atoms with van der Waals surface area (Å²) in [5, 5.41) is 8.36. The van der Waals surface area contributed by atoms with Gasteiger partial charge in [0, 0.05) is 12.2 Å². The van der Waals surface area contributed by atoms with Crippen LogP contribution in [0.3, 0.4) is 0 Å². The minimum Gasteiger partial charge on any atom is -0.381 e. The van der Waals surface area contributed by atoms with E-state index in [0.29, 0.717) is 6.54 Å². The van der Waals surface area contributed by atoms with Gasteiger partial charge in [0.2, 0.25) is 10.0 Å². The molecule has 5 heteroatoms. The molecular formula is C15H18N2O2S. The topological polar surface area (TPSA) is 72.2 Å². The Hall–Kier alpha value is -1.85. The van der Waals surface area contributed by atoms with Crippen LogP contribution in [0.1, 0.15) is 16.7 Å². The first-order chi connectivity index (χ1) is 9.38. The maximum atomic E-state index is 11.3. The number of rotatable bonds is 4. The fourth-order valence-electron chi connectivity index (χ4n) is 2.10. The molecule has 0 amide bonds. The summed E-state index contributed by atoms with van der Waals surface area (Å²) in [6.07, 6.45) is 0. The van der Waals surface area contributed by atoms with E-state index in [0.717, 1.165) is 5.69 Å². The van der Waals surface area contributed by atoms with Gasteiger partial charge in [-0.15, -0.1) is 0 Å². The summed E-state index contributed by atoms with van der Waals surface area (Å²) in [5.41, 5.74) is 4.37. The zero-order valence-corrected chi connectivity index (χ0v) is 12.4. The molecule has 0 radical (unpaired) electrons. The zero-order chi connectivity index (χ0) is 14.8. The molecule has 2 aromatic carbocycles. The highest BCUT2D eigenvalue weighted by molar-refractivity contribution is 7.89. The molecule has 106 valence electrons. The van der Waals surface area contributed by atoms with Gasteiger partial charge in [-0.3, -0.25) is 0 Å². The standard InChI is InChI=1S/C15H18N2O2S/c1-11-5-3-6-12(2)15(11)10-17-13-7-4-8-14(9-13)20(16,18)19/h3-9,17H,10H2,1-2H3,(H2,16,18,19). The predicted molar refractivity (Wildman–Crippen MR) is 81.1 cm³/mol. The van der Waals surface area contributed by atoms with E-state index in [1.54, 1.807) is 12.1 Å². The van der Waals surface area contributed by atoms with Gasteiger partial charge in [-0.1, -0.05) is 24.3 Å². The number of nitrogens with two attached hydrogens (primary N) is 1. The number of anilines is 1. The van der Waals surface area contributed by atoms with Crippen LogP contribution < -0.4 is 10.5 Å². The molecule has 3 N–H and O–H groups in total. The summed E-state index contributed by atoms with van der Waals surface area (Å²) >= 11 is 0. The first-order valence-corrected chi connectivity index (χ1v) is 7.84. The Morgan fingerprint density at radius 3 is 2.25 bits per heavy atom. The smallest absolute Gasteiger partial charge is 0.238 e. The van der Waals surface area contributed by atoms with Crippen LogP contribution in [-0.2, 0) is 16.6 Å². The Morgan fingerprint density at radius 1 is 1.05 bits per heavy atom. The highest BCUT2D eigenvalue weighted by Gasteiger charge is 2.08. The molecule has 20 heavy (non-hydrogen) atoms. The van der Waals surface area contributed by atoms with E-state index in [1.807, 2.05) is 12.1 Å². The first kappa shape index (κ1) is 14.6. The van der Waals surface area contributed by atoms with Gasteiger partial charge < -0.3 is 5.32 Å². The van der Waals surface area contributed by atoms with Crippen molar-refractivity contribution in [1.29, 1.82) is 0 Å². The van der Waals surface area contributed by atoms with Crippen LogP contribution in [0.25, 0.3) is 0 Å². The van der Waals surface area contributed by atoms with E-state index in [9.17, 15) is 8.42 Å². The van der Waals surface area contributed by atoms with Gasteiger partial charge >= 0.3 is 0 Å². The van der Waals surface area contributed by atoms with Crippen LogP contribution in [0.4, 0.5) is 5.69 Å². The largest absolute Gasteiger partial charge is 0.381 e. The Labute approximate surface area is 119 Å². The molecule has 0 saturated carbocycles. The fourth-order valence-corrected chi connectivity index (χ4v) is 2.66. The summed E-state index contributed by atoms with van der Waals surface area (Å²) in [7, 11) is -3.66. The number of primary sulfonamides is 1. The van der Waals surface area contributed by atoms with Crippen molar-refractivity contribution in [2.75, 3.05) is 5.32 Å². The van der Waals surface area contributed by atoms with Crippen molar-refractivity contribution in [3.63, 3.8) is 0 Å². The number of hydrogen-bond acceptors (Lipinski definition) is 3. The van der Waals surface area contributed by atoms with Crippen molar-refractivity contribution in [2.45, 2.75) is 25.3 Å². The summed E-state index contributed by atoms with van der Waals surface area (Å²) in [6, 6.07) is 12.7. The second kappa shape index (κ2) is 5.64. The van der Waals surface area contributed by atoms with E-state index in [-0.39, 0.29) is 4.90 Å². The zero-order valence-electron chi connectivity index (χ0n) is 11.6. The summed E-state index contributed by atoms with van der Waals surface area (Å²) < 4.78 is 22.6. The minimum absolute atomic E-state index is 0.115. The molecule has 2 aromatic rings. The van der Waals surface area contributed by atoms with Gasteiger partial charge in [0.15, 0.2) is 0 Å². The first-order valence-electron chi connectivity index (χ1n) is 6.30. The molecule has 0 aliphatic rings. The predicted octanol–water partition coefficient (Wildman–Crippen LogP) is 2.56. The molecule has 0 bridgehead atoms. The quantitative estimate of drug-likeness (QED) is 0.909. The molecule has 0 aliphatic heterocycles. The molecule has 0 heterocycles. The third kappa shape index (κ3) is 3.37. The average molecular weight is 290 g/mol. The number of hydrogen-bond donors (Lipinski definition) is 2. The van der Waals surface area contributed by atoms with E-state index in [2.05, 4.69) is 31.3 Å². The van der Waals surface area contributed by atoms with Crippen LogP contribution in [-0.4, -0.2) is 8.42 Å². The Balaban J connectivity index is 2.20. The SMILES string of the molecule is Cc1cccc(C)c1CNc1cccc(S(N)(=O)=O)c1. The molecule has 0 spiro atoms. The Morgan fingerprint density at radius 2 is 1.65 bits per heavy atom. The maximum absolute atomic E-state index is 11.3. The lowest BCUT2D eigenvalue weighted by Crippen LogP contribution is -2.12. The van der Waals surface area contributed by atoms with E-state index >= 15 is 0 Å². The van der Waals surface area contributed by atoms with Gasteiger partial charge in [0.1, 0.15) is 0 Å². The molecule has 2 rings (SSSR count). The second-order valence-corrected chi connectivity index (χ2v) is 6.36. The van der Waals surface area contributed by atoms with Crippen molar-refractivity contribution in [1.82, 2.24) is 0 Å². The third-order valence-corrected chi connectivity index (χ3v) is 4.19. The molecule has 0 aromatic heterocycles. The minimum atomic E-state index is -3.66. The number of benzene rings is 2. The summed E-state index contributed by atoms with van der Waals surface area (Å²) in [6.45, 7) is 4.77. The highest BCUT2D eigenvalue weighted by atomic mass is 32.2. The molecular weight excluding hydrogens is 272 g/mol. The van der Waals surface area contributed by atoms with Crippen LogP contribution in [0.5, 0.6) is 0 Å². The number of aryl methyl sites for hydroxylation is 2. The summed E-state index contributed by atoms with van der Waals surface area (Å²) in [4.78, 5) is 0.115. The summed E-state index contributed by atoms with van der Waals surface area (Å²) in [5.74, 6) is 0. The van der Waals surface area contributed by atoms with Crippen molar-refractivity contribution >= 4 is 15.7 Å². The highest BCUT2D eigenvalue weighted by Crippen LogP contribution is 2.18. The van der Waals surface area contributed by atoms with Crippen LogP contribution >= 0.6 is 0 Å². The van der Waals surface area contributed by atoms with Crippen LogP contribution in [0, 0.1) is 13.8 Å². The normalized spacial score (nSPS) is 11.3. The van der Waals surface area contributed by atoms with Crippen molar-refractivity contribution < 1.29 is 8.42 Å². The van der Waals surface area contributed by atoms with Gasteiger partial charge in [-0.25, -0.2) is 13.6 Å². The Bertz CT molecular complexity index is 704. The number of sulfonamides is 1. The van der Waals surface area contributed by atoms with Gasteiger partial charge in [-0.05, 0) is 48.7 Å². The number of nitrogens with one attached hydrogen (secondary N) is 1. The third-order valence-electron chi connectivity index (χ3n) is 3.28. The lowest BCUT2D eigenvalue weighted by Gasteiger charge is -2.12. The fraction of sp³-hybridized carbons (Fsp3) is 0.200. The molecule has 0 saturated heterocycles. The van der Waals surface area contributed by atoms with Crippen molar-refractivity contribution in [3.05, 3.63) is 59.2 Å². The van der Waals surface area contributed by atoms with Gasteiger partial charge in [0.05, 0.1) is 4.90 Å².